The first-order valence-electron chi connectivity index (χ1n) is 12.9. The van der Waals surface area contributed by atoms with E-state index in [0.717, 1.165) is 0 Å². The van der Waals surface area contributed by atoms with Gasteiger partial charge in [0.2, 0.25) is 0 Å². The van der Waals surface area contributed by atoms with Crippen molar-refractivity contribution in [3.8, 4) is 0 Å². The van der Waals surface area contributed by atoms with Gasteiger partial charge in [0.05, 0.1) is 0 Å². The summed E-state index contributed by atoms with van der Waals surface area (Å²) in [4.78, 5) is 0. The minimum absolute atomic E-state index is 0.277. The van der Waals surface area contributed by atoms with Crippen LogP contribution in [0.15, 0.2) is 0 Å². The summed E-state index contributed by atoms with van der Waals surface area (Å²) in [5, 5.41) is 0. The monoisotopic (exact) mass is 396 g/mol. The molecule has 0 amide bonds. The average molecular weight is 397 g/mol. The summed E-state index contributed by atoms with van der Waals surface area (Å²) in [6.07, 6.45) is 27.5. The first-order valence-corrected chi connectivity index (χ1v) is 16.5. The van der Waals surface area contributed by atoms with Gasteiger partial charge in [0.15, 0.2) is 0 Å². The molecule has 156 valence electrons. The van der Waals surface area contributed by atoms with Gasteiger partial charge in [-0.3, -0.25) is 0 Å². The molecular formula is C24H52Si2. The molecule has 1 rings (SSSR count). The Balaban J connectivity index is 1.83. The molecule has 0 unspecified atom stereocenters. The lowest BCUT2D eigenvalue weighted by molar-refractivity contribution is 0.494. The van der Waals surface area contributed by atoms with Gasteiger partial charge in [0, 0.05) is 19.0 Å². The Morgan fingerprint density at radius 1 is 0.462 bits per heavy atom. The van der Waals surface area contributed by atoms with E-state index in [2.05, 4.69) is 13.8 Å². The van der Waals surface area contributed by atoms with Crippen LogP contribution in [0.2, 0.25) is 23.2 Å². The molecule has 0 aromatic heterocycles. The minimum atomic E-state index is 0.277. The molecule has 0 radical (unpaired) electrons. The first kappa shape index (κ1) is 24.5. The summed E-state index contributed by atoms with van der Waals surface area (Å²) >= 11 is 0. The molecular weight excluding hydrogens is 344 g/mol. The highest BCUT2D eigenvalue weighted by atomic mass is 28.2. The van der Waals surface area contributed by atoms with E-state index in [-0.39, 0.29) is 19.0 Å². The van der Waals surface area contributed by atoms with E-state index in [1.165, 1.54) is 88.1 Å². The van der Waals surface area contributed by atoms with E-state index in [4.69, 9.17) is 0 Å². The van der Waals surface area contributed by atoms with Crippen molar-refractivity contribution < 1.29 is 0 Å². The van der Waals surface area contributed by atoms with Crippen molar-refractivity contribution in [3.63, 3.8) is 0 Å². The van der Waals surface area contributed by atoms with Gasteiger partial charge in [-0.25, -0.2) is 0 Å². The van der Waals surface area contributed by atoms with Gasteiger partial charge in [0.25, 0.3) is 0 Å². The van der Waals surface area contributed by atoms with E-state index in [1.807, 2.05) is 0 Å². The Bertz CT molecular complexity index is 243. The molecule has 26 heavy (non-hydrogen) atoms. The molecule has 0 spiro atoms. The van der Waals surface area contributed by atoms with Crippen molar-refractivity contribution in [2.75, 3.05) is 0 Å². The van der Waals surface area contributed by atoms with Crippen LogP contribution in [0.5, 0.6) is 0 Å². The summed E-state index contributed by atoms with van der Waals surface area (Å²) in [6.45, 7) is 4.64. The Morgan fingerprint density at radius 3 is 1.12 bits per heavy atom. The second kappa shape index (κ2) is 18.8. The standard InChI is InChI=1S/C24H52Si2/c1-3-5-7-9-11-13-15-21-25-23-17-19-24(20-18-23)26-22-16-14-12-10-8-6-4-2/h23-24H,3-22,25-26H2,1-2H3. The maximum absolute atomic E-state index is 2.32. The van der Waals surface area contributed by atoms with Gasteiger partial charge < -0.3 is 0 Å². The summed E-state index contributed by atoms with van der Waals surface area (Å²) in [7, 11) is 0.553. The molecule has 0 aromatic carbocycles. The van der Waals surface area contributed by atoms with Crippen LogP contribution in [0.1, 0.15) is 129 Å². The van der Waals surface area contributed by atoms with Crippen LogP contribution < -0.4 is 0 Å². The molecule has 1 saturated carbocycles. The van der Waals surface area contributed by atoms with Gasteiger partial charge in [0.1, 0.15) is 0 Å². The number of unbranched alkanes of at least 4 members (excludes halogenated alkanes) is 12. The maximum atomic E-state index is 2.32. The second-order valence-corrected chi connectivity index (χ2v) is 14.3. The third-order valence-electron chi connectivity index (χ3n) is 6.90. The highest BCUT2D eigenvalue weighted by molar-refractivity contribution is 6.39. The predicted octanol–water partition coefficient (Wildman–Crippen LogP) is 7.81. The summed E-state index contributed by atoms with van der Waals surface area (Å²) in [5.41, 5.74) is 2.50. The summed E-state index contributed by atoms with van der Waals surface area (Å²) < 4.78 is 0. The van der Waals surface area contributed by atoms with E-state index in [9.17, 15) is 0 Å². The molecule has 0 atom stereocenters. The zero-order valence-corrected chi connectivity index (χ0v) is 21.5. The molecule has 0 nitrogen and oxygen atoms in total. The number of rotatable bonds is 18. The molecule has 0 bridgehead atoms. The van der Waals surface area contributed by atoms with Crippen LogP contribution in [0.4, 0.5) is 0 Å². The Hall–Kier alpha value is 0.434. The molecule has 1 aliphatic rings. The second-order valence-electron chi connectivity index (χ2n) is 9.41. The van der Waals surface area contributed by atoms with Gasteiger partial charge in [-0.1, -0.05) is 153 Å². The lowest BCUT2D eigenvalue weighted by Crippen LogP contribution is -2.15. The van der Waals surface area contributed by atoms with Crippen LogP contribution in [0.3, 0.4) is 0 Å². The zero-order chi connectivity index (χ0) is 18.7. The highest BCUT2D eigenvalue weighted by Crippen LogP contribution is 2.36. The lowest BCUT2D eigenvalue weighted by atomic mass is 9.99. The van der Waals surface area contributed by atoms with Crippen molar-refractivity contribution in [1.82, 2.24) is 0 Å². The van der Waals surface area contributed by atoms with Crippen LogP contribution >= 0.6 is 0 Å². The van der Waals surface area contributed by atoms with Crippen molar-refractivity contribution in [3.05, 3.63) is 0 Å². The lowest BCUT2D eigenvalue weighted by Gasteiger charge is -2.28. The summed E-state index contributed by atoms with van der Waals surface area (Å²) in [5.74, 6) is 0. The first-order chi connectivity index (χ1) is 12.9. The smallest absolute Gasteiger partial charge is 0.0231 e. The fraction of sp³-hybridized carbons (Fsp3) is 1.00. The van der Waals surface area contributed by atoms with Crippen molar-refractivity contribution >= 4 is 19.0 Å². The van der Waals surface area contributed by atoms with E-state index < -0.39 is 0 Å². The maximum Gasteiger partial charge on any atom is 0.0231 e. The van der Waals surface area contributed by atoms with Crippen molar-refractivity contribution in [2.45, 2.75) is 153 Å². The molecule has 0 heterocycles. The van der Waals surface area contributed by atoms with Gasteiger partial charge in [-0.2, -0.15) is 0 Å². The van der Waals surface area contributed by atoms with E-state index in [1.54, 1.807) is 50.6 Å². The molecule has 0 aliphatic heterocycles. The van der Waals surface area contributed by atoms with Crippen LogP contribution in [-0.2, 0) is 0 Å². The van der Waals surface area contributed by atoms with Gasteiger partial charge >= 0.3 is 0 Å². The Morgan fingerprint density at radius 2 is 0.769 bits per heavy atom. The molecule has 0 saturated heterocycles. The Labute approximate surface area is 171 Å². The van der Waals surface area contributed by atoms with Gasteiger partial charge in [-0.05, 0) is 0 Å². The molecule has 0 aromatic rings. The van der Waals surface area contributed by atoms with Crippen LogP contribution in [-0.4, -0.2) is 19.0 Å². The zero-order valence-electron chi connectivity index (χ0n) is 18.7. The van der Waals surface area contributed by atoms with E-state index in [0.29, 0.717) is 0 Å². The molecule has 1 aliphatic carbocycles. The van der Waals surface area contributed by atoms with Crippen LogP contribution in [0, 0.1) is 0 Å². The van der Waals surface area contributed by atoms with Crippen LogP contribution in [0.25, 0.3) is 0 Å². The third kappa shape index (κ3) is 14.5. The van der Waals surface area contributed by atoms with Gasteiger partial charge in [-0.15, -0.1) is 0 Å². The van der Waals surface area contributed by atoms with Crippen molar-refractivity contribution in [1.29, 1.82) is 0 Å². The molecule has 0 N–H and O–H groups in total. The highest BCUT2D eigenvalue weighted by Gasteiger charge is 2.20. The SMILES string of the molecule is CCCCCCCCC[SiH2]C1CCC([SiH2]CCCCCCCCC)CC1. The third-order valence-corrected chi connectivity index (χ3v) is 12.0. The Kier molecular flexibility index (Phi) is 17.7. The minimum Gasteiger partial charge on any atom is -0.0654 e. The fourth-order valence-electron chi connectivity index (χ4n) is 4.94. The predicted molar refractivity (Wildman–Crippen MR) is 129 cm³/mol. The van der Waals surface area contributed by atoms with Crippen molar-refractivity contribution in [2.24, 2.45) is 0 Å². The molecule has 1 fully saturated rings. The number of hydrogen-bond donors (Lipinski definition) is 0. The van der Waals surface area contributed by atoms with E-state index >= 15 is 0 Å². The fourth-order valence-corrected chi connectivity index (χ4v) is 9.48. The normalized spacial score (nSPS) is 21.5. The summed E-state index contributed by atoms with van der Waals surface area (Å²) in [6, 6.07) is 3.33. The average Bonchev–Trinajstić information content (AvgIpc) is 2.67. The largest absolute Gasteiger partial charge is 0.0654 e. The topological polar surface area (TPSA) is 0 Å². The molecule has 2 heteroatoms. The number of hydrogen-bond acceptors (Lipinski definition) is 0. The quantitative estimate of drug-likeness (QED) is 0.164.